The second-order valence-electron chi connectivity index (χ2n) is 9.85. The van der Waals surface area contributed by atoms with Crippen LogP contribution in [0.15, 0.2) is 24.3 Å². The van der Waals surface area contributed by atoms with Gasteiger partial charge in [0.1, 0.15) is 23.5 Å². The number of carbonyl (C=O) groups excluding carboxylic acids is 4. The number of aromatic amines is 1. The summed E-state index contributed by atoms with van der Waals surface area (Å²) in [6.45, 7) is 0.540. The number of H-pyrrole nitrogens is 1. The molecule has 0 bridgehead atoms. The van der Waals surface area contributed by atoms with Crippen molar-refractivity contribution in [3.8, 4) is 5.75 Å². The van der Waals surface area contributed by atoms with Gasteiger partial charge in [0.15, 0.2) is 0 Å². The highest BCUT2D eigenvalue weighted by molar-refractivity contribution is 6.01. The lowest BCUT2D eigenvalue weighted by Gasteiger charge is -2.28. The van der Waals surface area contributed by atoms with Crippen LogP contribution >= 0.6 is 0 Å². The summed E-state index contributed by atoms with van der Waals surface area (Å²) in [5.41, 5.74) is 6.62. The summed E-state index contributed by atoms with van der Waals surface area (Å²) in [4.78, 5) is 53.8. The van der Waals surface area contributed by atoms with Crippen molar-refractivity contribution < 1.29 is 23.9 Å². The summed E-state index contributed by atoms with van der Waals surface area (Å²) in [5, 5.41) is 9.09. The first-order chi connectivity index (χ1) is 17.4. The van der Waals surface area contributed by atoms with Gasteiger partial charge in [0.25, 0.3) is 5.91 Å². The van der Waals surface area contributed by atoms with Gasteiger partial charge in [0, 0.05) is 23.4 Å². The van der Waals surface area contributed by atoms with E-state index in [1.807, 2.05) is 18.2 Å². The van der Waals surface area contributed by atoms with Crippen molar-refractivity contribution in [1.82, 2.24) is 20.9 Å². The first kappa shape index (κ1) is 25.5. The Morgan fingerprint density at radius 1 is 1.08 bits per heavy atom. The third kappa shape index (κ3) is 5.98. The van der Waals surface area contributed by atoms with Crippen molar-refractivity contribution in [2.45, 2.75) is 63.5 Å². The highest BCUT2D eigenvalue weighted by Crippen LogP contribution is 2.29. The first-order valence-corrected chi connectivity index (χ1v) is 12.7. The lowest BCUT2D eigenvalue weighted by atomic mass is 9.84. The summed E-state index contributed by atoms with van der Waals surface area (Å²) < 4.78 is 5.38. The molecule has 2 heterocycles. The fraction of sp³-hybridized carbons (Fsp3) is 0.538. The number of hydrogen-bond donors (Lipinski definition) is 5. The van der Waals surface area contributed by atoms with E-state index in [-0.39, 0.29) is 18.2 Å². The Balaban J connectivity index is 1.50. The van der Waals surface area contributed by atoms with E-state index >= 15 is 0 Å². The second-order valence-corrected chi connectivity index (χ2v) is 9.85. The largest absolute Gasteiger partial charge is 0.496 e. The molecule has 1 aliphatic heterocycles. The zero-order chi connectivity index (χ0) is 25.7. The maximum absolute atomic E-state index is 13.4. The van der Waals surface area contributed by atoms with Crippen LogP contribution in [-0.2, 0) is 14.4 Å². The molecular weight excluding hydrogens is 462 g/mol. The van der Waals surface area contributed by atoms with E-state index in [0.29, 0.717) is 36.7 Å². The summed E-state index contributed by atoms with van der Waals surface area (Å²) in [5.74, 6) is -1.18. The molecule has 1 aromatic carbocycles. The smallest absolute Gasteiger partial charge is 0.268 e. The summed E-state index contributed by atoms with van der Waals surface area (Å²) >= 11 is 0. The highest BCUT2D eigenvalue weighted by atomic mass is 16.5. The van der Waals surface area contributed by atoms with Gasteiger partial charge in [0.05, 0.1) is 7.11 Å². The molecule has 1 saturated heterocycles. The minimum Gasteiger partial charge on any atom is -0.496 e. The van der Waals surface area contributed by atoms with E-state index in [0.717, 1.165) is 36.6 Å². The predicted molar refractivity (Wildman–Crippen MR) is 134 cm³/mol. The standard InChI is InChI=1S/C26H35N5O5/c1-36-22-9-5-8-18-17(22)14-21(29-18)26(35)31-20(12-15-6-3-2-4-7-15)25(34)30-19(23(27)32)13-16-10-11-28-24(16)33/h5,8-9,14-16,19-20,29H,2-4,6-7,10-13H2,1H3,(H2,27,32)(H,28,33)(H,30,34)(H,31,35). The molecule has 3 atom stereocenters. The van der Waals surface area contributed by atoms with E-state index in [4.69, 9.17) is 10.5 Å². The van der Waals surface area contributed by atoms with Crippen LogP contribution < -0.4 is 26.4 Å². The van der Waals surface area contributed by atoms with Crippen LogP contribution in [0.5, 0.6) is 5.75 Å². The maximum atomic E-state index is 13.4. The molecule has 2 aromatic rings. The highest BCUT2D eigenvalue weighted by Gasteiger charge is 2.33. The van der Waals surface area contributed by atoms with Gasteiger partial charge in [-0.2, -0.15) is 0 Å². The van der Waals surface area contributed by atoms with Crippen LogP contribution in [0.25, 0.3) is 10.9 Å². The Labute approximate surface area is 210 Å². The normalized spacial score (nSPS) is 19.9. The monoisotopic (exact) mass is 497 g/mol. The number of methoxy groups -OCH3 is 1. The van der Waals surface area contributed by atoms with Gasteiger partial charge < -0.3 is 31.4 Å². The van der Waals surface area contributed by atoms with Crippen LogP contribution in [0.1, 0.15) is 61.9 Å². The molecule has 2 fully saturated rings. The number of hydrogen-bond acceptors (Lipinski definition) is 5. The first-order valence-electron chi connectivity index (χ1n) is 12.7. The maximum Gasteiger partial charge on any atom is 0.268 e. The van der Waals surface area contributed by atoms with Crippen molar-refractivity contribution in [3.05, 3.63) is 30.0 Å². The molecular formula is C26H35N5O5. The molecule has 0 radical (unpaired) electrons. The lowest BCUT2D eigenvalue weighted by Crippen LogP contribution is -2.54. The lowest BCUT2D eigenvalue weighted by molar-refractivity contribution is -0.130. The second kappa shape index (κ2) is 11.5. The Bertz CT molecular complexity index is 1120. The van der Waals surface area contributed by atoms with Gasteiger partial charge in [-0.15, -0.1) is 0 Å². The average Bonchev–Trinajstić information content (AvgIpc) is 3.49. The summed E-state index contributed by atoms with van der Waals surface area (Å²) in [6.07, 6.45) is 6.53. The van der Waals surface area contributed by atoms with Crippen LogP contribution in [0.4, 0.5) is 0 Å². The van der Waals surface area contributed by atoms with Crippen molar-refractivity contribution >= 4 is 34.5 Å². The molecule has 1 aromatic heterocycles. The molecule has 10 nitrogen and oxygen atoms in total. The van der Waals surface area contributed by atoms with Gasteiger partial charge in [-0.25, -0.2) is 0 Å². The molecule has 1 saturated carbocycles. The fourth-order valence-corrected chi connectivity index (χ4v) is 5.32. The molecule has 0 spiro atoms. The third-order valence-corrected chi connectivity index (χ3v) is 7.35. The molecule has 2 aliphatic rings. The van der Waals surface area contributed by atoms with E-state index in [2.05, 4.69) is 20.9 Å². The van der Waals surface area contributed by atoms with E-state index < -0.39 is 29.8 Å². The SMILES string of the molecule is COc1cccc2[nH]c(C(=O)NC(CC3CCCCC3)C(=O)NC(CC3CCNC3=O)C(N)=O)cc12. The quantitative estimate of drug-likeness (QED) is 0.338. The van der Waals surface area contributed by atoms with E-state index in [1.165, 1.54) is 6.42 Å². The van der Waals surface area contributed by atoms with Crippen molar-refractivity contribution in [2.24, 2.45) is 17.6 Å². The number of aromatic nitrogens is 1. The third-order valence-electron chi connectivity index (χ3n) is 7.35. The number of ether oxygens (including phenoxy) is 1. The molecule has 194 valence electrons. The van der Waals surface area contributed by atoms with Gasteiger partial charge in [-0.05, 0) is 43.4 Å². The Morgan fingerprint density at radius 3 is 2.53 bits per heavy atom. The number of nitrogens with two attached hydrogens (primary N) is 1. The average molecular weight is 498 g/mol. The Hall–Kier alpha value is -3.56. The van der Waals surface area contributed by atoms with Crippen LogP contribution in [0.2, 0.25) is 0 Å². The predicted octanol–water partition coefficient (Wildman–Crippen LogP) is 1.74. The minimum atomic E-state index is -0.991. The van der Waals surface area contributed by atoms with Crippen molar-refractivity contribution in [1.29, 1.82) is 0 Å². The number of fused-ring (bicyclic) bond motifs is 1. The fourth-order valence-electron chi connectivity index (χ4n) is 5.32. The topological polar surface area (TPSA) is 155 Å². The Morgan fingerprint density at radius 2 is 1.86 bits per heavy atom. The van der Waals surface area contributed by atoms with Gasteiger partial charge in [-0.3, -0.25) is 19.2 Å². The molecule has 3 unspecified atom stereocenters. The number of benzene rings is 1. The zero-order valence-electron chi connectivity index (χ0n) is 20.6. The van der Waals surface area contributed by atoms with Gasteiger partial charge in [0.2, 0.25) is 17.7 Å². The molecule has 6 N–H and O–H groups in total. The van der Waals surface area contributed by atoms with Gasteiger partial charge in [-0.1, -0.05) is 38.2 Å². The molecule has 4 rings (SSSR count). The number of rotatable bonds is 10. The van der Waals surface area contributed by atoms with E-state index in [9.17, 15) is 19.2 Å². The van der Waals surface area contributed by atoms with Crippen LogP contribution in [0.3, 0.4) is 0 Å². The zero-order valence-corrected chi connectivity index (χ0v) is 20.6. The number of amides is 4. The van der Waals surface area contributed by atoms with Crippen LogP contribution in [-0.4, -0.2) is 54.4 Å². The van der Waals surface area contributed by atoms with E-state index in [1.54, 1.807) is 13.2 Å². The van der Waals surface area contributed by atoms with Crippen LogP contribution in [0, 0.1) is 11.8 Å². The molecule has 10 heteroatoms. The van der Waals surface area contributed by atoms with Gasteiger partial charge >= 0.3 is 0 Å². The molecule has 36 heavy (non-hydrogen) atoms. The number of primary amides is 1. The minimum absolute atomic E-state index is 0.138. The number of nitrogens with one attached hydrogen (secondary N) is 4. The Kier molecular flexibility index (Phi) is 8.12. The molecule has 1 aliphatic carbocycles. The summed E-state index contributed by atoms with van der Waals surface area (Å²) in [6, 6.07) is 5.35. The van der Waals surface area contributed by atoms with Crippen molar-refractivity contribution in [2.75, 3.05) is 13.7 Å². The van der Waals surface area contributed by atoms with Crippen molar-refractivity contribution in [3.63, 3.8) is 0 Å². The number of carbonyl (C=O) groups is 4. The summed E-state index contributed by atoms with van der Waals surface area (Å²) in [7, 11) is 1.57. The molecule has 4 amide bonds.